The van der Waals surface area contributed by atoms with Gasteiger partial charge in [0.1, 0.15) is 6.04 Å². The van der Waals surface area contributed by atoms with Crippen molar-refractivity contribution in [1.29, 1.82) is 0 Å². The van der Waals surface area contributed by atoms with E-state index in [1.54, 1.807) is 7.11 Å². The molecule has 1 aromatic carbocycles. The fourth-order valence-corrected chi connectivity index (χ4v) is 2.66. The first-order chi connectivity index (χ1) is 11.0. The lowest BCUT2D eigenvalue weighted by molar-refractivity contribution is -0.143. The fraction of sp³-hybridized carbons (Fsp3) is 0.500. The van der Waals surface area contributed by atoms with Crippen molar-refractivity contribution < 1.29 is 24.2 Å². The quantitative estimate of drug-likeness (QED) is 0.774. The highest BCUT2D eigenvalue weighted by atomic mass is 16.5. The van der Waals surface area contributed by atoms with Gasteiger partial charge in [-0.3, -0.25) is 14.5 Å². The molecule has 0 aliphatic carbocycles. The fourth-order valence-electron chi connectivity index (χ4n) is 2.66. The SMILES string of the molecule is CCOc1ccc(CN2CCNC(=O)C2CC(=O)O)cc1OC. The van der Waals surface area contributed by atoms with Crippen molar-refractivity contribution in [2.75, 3.05) is 26.8 Å². The summed E-state index contributed by atoms with van der Waals surface area (Å²) in [5.41, 5.74) is 0.940. The molecule has 1 amide bonds. The average molecular weight is 322 g/mol. The molecule has 7 heteroatoms. The Bertz CT molecular complexity index is 576. The van der Waals surface area contributed by atoms with Crippen molar-refractivity contribution in [3.05, 3.63) is 23.8 Å². The number of hydrogen-bond acceptors (Lipinski definition) is 5. The van der Waals surface area contributed by atoms with Crippen LogP contribution in [0.1, 0.15) is 18.9 Å². The van der Waals surface area contributed by atoms with Gasteiger partial charge in [0.05, 0.1) is 20.1 Å². The lowest BCUT2D eigenvalue weighted by Gasteiger charge is -2.34. The summed E-state index contributed by atoms with van der Waals surface area (Å²) in [6.45, 7) is 4.05. The minimum absolute atomic E-state index is 0.208. The Morgan fingerprint density at radius 3 is 2.87 bits per heavy atom. The van der Waals surface area contributed by atoms with Gasteiger partial charge < -0.3 is 19.9 Å². The first-order valence-electron chi connectivity index (χ1n) is 7.58. The number of ether oxygens (including phenoxy) is 2. The van der Waals surface area contributed by atoms with E-state index in [2.05, 4.69) is 5.32 Å². The number of methoxy groups -OCH3 is 1. The number of benzene rings is 1. The van der Waals surface area contributed by atoms with Gasteiger partial charge in [-0.15, -0.1) is 0 Å². The molecule has 1 atom stereocenters. The molecule has 7 nitrogen and oxygen atoms in total. The van der Waals surface area contributed by atoms with Gasteiger partial charge in [0.25, 0.3) is 0 Å². The van der Waals surface area contributed by atoms with E-state index in [1.165, 1.54) is 0 Å². The van der Waals surface area contributed by atoms with Gasteiger partial charge >= 0.3 is 5.97 Å². The van der Waals surface area contributed by atoms with Gasteiger partial charge in [-0.1, -0.05) is 6.07 Å². The minimum atomic E-state index is -0.985. The Morgan fingerprint density at radius 1 is 1.43 bits per heavy atom. The highest BCUT2D eigenvalue weighted by Gasteiger charge is 2.31. The molecule has 1 heterocycles. The van der Waals surface area contributed by atoms with Crippen LogP contribution in [0.15, 0.2) is 18.2 Å². The largest absolute Gasteiger partial charge is 0.493 e. The Hall–Kier alpha value is -2.28. The van der Waals surface area contributed by atoms with Crippen molar-refractivity contribution in [1.82, 2.24) is 10.2 Å². The summed E-state index contributed by atoms with van der Waals surface area (Å²) in [6.07, 6.45) is -0.208. The van der Waals surface area contributed by atoms with Crippen LogP contribution < -0.4 is 14.8 Å². The van der Waals surface area contributed by atoms with E-state index in [-0.39, 0.29) is 12.3 Å². The van der Waals surface area contributed by atoms with Crippen molar-refractivity contribution in [2.24, 2.45) is 0 Å². The van der Waals surface area contributed by atoms with Crippen molar-refractivity contribution >= 4 is 11.9 Å². The van der Waals surface area contributed by atoms with Gasteiger partial charge in [-0.25, -0.2) is 0 Å². The van der Waals surface area contributed by atoms with Crippen molar-refractivity contribution in [3.63, 3.8) is 0 Å². The smallest absolute Gasteiger partial charge is 0.305 e. The highest BCUT2D eigenvalue weighted by molar-refractivity contribution is 5.86. The summed E-state index contributed by atoms with van der Waals surface area (Å²) in [5.74, 6) is 0.0655. The predicted molar refractivity (Wildman–Crippen MR) is 83.6 cm³/mol. The van der Waals surface area contributed by atoms with Crippen molar-refractivity contribution in [3.8, 4) is 11.5 Å². The molecule has 0 saturated carbocycles. The zero-order valence-electron chi connectivity index (χ0n) is 13.4. The number of amides is 1. The van der Waals surface area contributed by atoms with E-state index in [9.17, 15) is 9.59 Å². The number of rotatable bonds is 7. The Kier molecular flexibility index (Phi) is 5.81. The molecule has 0 bridgehead atoms. The summed E-state index contributed by atoms with van der Waals surface area (Å²) in [4.78, 5) is 24.8. The summed E-state index contributed by atoms with van der Waals surface area (Å²) < 4.78 is 10.8. The molecule has 1 fully saturated rings. The van der Waals surface area contributed by atoms with Gasteiger partial charge in [-0.2, -0.15) is 0 Å². The van der Waals surface area contributed by atoms with Crippen LogP contribution in [-0.4, -0.2) is 54.7 Å². The van der Waals surface area contributed by atoms with Crippen LogP contribution in [0, 0.1) is 0 Å². The van der Waals surface area contributed by atoms with Gasteiger partial charge in [0.2, 0.25) is 5.91 Å². The number of carboxylic acids is 1. The third-order valence-corrected chi connectivity index (χ3v) is 3.72. The van der Waals surface area contributed by atoms with Crippen LogP contribution in [0.4, 0.5) is 0 Å². The molecule has 0 radical (unpaired) electrons. The van der Waals surface area contributed by atoms with Crippen LogP contribution >= 0.6 is 0 Å². The number of carbonyl (C=O) groups is 2. The monoisotopic (exact) mass is 322 g/mol. The van der Waals surface area contributed by atoms with Crippen molar-refractivity contribution in [2.45, 2.75) is 25.9 Å². The van der Waals surface area contributed by atoms with Crippen LogP contribution in [0.5, 0.6) is 11.5 Å². The van der Waals surface area contributed by atoms with Gasteiger partial charge in [0, 0.05) is 19.6 Å². The molecule has 126 valence electrons. The molecule has 1 saturated heterocycles. The Morgan fingerprint density at radius 2 is 2.22 bits per heavy atom. The molecule has 1 aliphatic rings. The number of carboxylic acid groups (broad SMARTS) is 1. The number of hydrogen-bond donors (Lipinski definition) is 2. The van der Waals surface area contributed by atoms with Gasteiger partial charge in [0.15, 0.2) is 11.5 Å². The molecule has 1 aliphatic heterocycles. The van der Waals surface area contributed by atoms with Crippen LogP contribution in [0.2, 0.25) is 0 Å². The number of piperazine rings is 1. The summed E-state index contributed by atoms with van der Waals surface area (Å²) >= 11 is 0. The minimum Gasteiger partial charge on any atom is -0.493 e. The lowest BCUT2D eigenvalue weighted by atomic mass is 10.1. The number of carbonyl (C=O) groups excluding carboxylic acids is 1. The molecule has 0 spiro atoms. The van der Waals surface area contributed by atoms with E-state index in [0.717, 1.165) is 5.56 Å². The maximum atomic E-state index is 11.9. The second-order valence-electron chi connectivity index (χ2n) is 5.29. The van der Waals surface area contributed by atoms with Crippen LogP contribution in [0.25, 0.3) is 0 Å². The zero-order valence-corrected chi connectivity index (χ0v) is 13.4. The molecule has 2 rings (SSSR count). The second kappa shape index (κ2) is 7.82. The topological polar surface area (TPSA) is 88.1 Å². The third-order valence-electron chi connectivity index (χ3n) is 3.72. The highest BCUT2D eigenvalue weighted by Crippen LogP contribution is 2.29. The van der Waals surface area contributed by atoms with Crippen LogP contribution in [-0.2, 0) is 16.1 Å². The Labute approximate surface area is 135 Å². The van der Waals surface area contributed by atoms with E-state index in [4.69, 9.17) is 14.6 Å². The van der Waals surface area contributed by atoms with E-state index in [0.29, 0.717) is 37.7 Å². The molecule has 1 aromatic rings. The molecule has 2 N–H and O–H groups in total. The summed E-state index contributed by atoms with van der Waals surface area (Å²) in [5, 5.41) is 11.7. The average Bonchev–Trinajstić information content (AvgIpc) is 2.52. The number of nitrogens with one attached hydrogen (secondary N) is 1. The molecule has 1 unspecified atom stereocenters. The molecular formula is C16H22N2O5. The third kappa shape index (κ3) is 4.35. The van der Waals surface area contributed by atoms with E-state index in [1.807, 2.05) is 30.0 Å². The first-order valence-corrected chi connectivity index (χ1v) is 7.58. The lowest BCUT2D eigenvalue weighted by Crippen LogP contribution is -2.55. The molecular weight excluding hydrogens is 300 g/mol. The number of aliphatic carboxylic acids is 1. The van der Waals surface area contributed by atoms with Crippen LogP contribution in [0.3, 0.4) is 0 Å². The first kappa shape index (κ1) is 17.1. The summed E-state index contributed by atoms with van der Waals surface area (Å²) in [6, 6.07) is 4.93. The normalized spacial score (nSPS) is 18.3. The predicted octanol–water partition coefficient (Wildman–Crippen LogP) is 0.869. The summed E-state index contributed by atoms with van der Waals surface area (Å²) in [7, 11) is 1.57. The maximum absolute atomic E-state index is 11.9. The zero-order chi connectivity index (χ0) is 16.8. The molecule has 23 heavy (non-hydrogen) atoms. The van der Waals surface area contributed by atoms with E-state index >= 15 is 0 Å². The maximum Gasteiger partial charge on any atom is 0.305 e. The second-order valence-corrected chi connectivity index (χ2v) is 5.29. The Balaban J connectivity index is 2.15. The van der Waals surface area contributed by atoms with Gasteiger partial charge in [-0.05, 0) is 24.6 Å². The number of nitrogens with zero attached hydrogens (tertiary/aromatic N) is 1. The standard InChI is InChI=1S/C16H22N2O5/c1-3-23-13-5-4-11(8-14(13)22-2)10-18-7-6-17-16(21)12(18)9-15(19)20/h4-5,8,12H,3,6-7,9-10H2,1-2H3,(H,17,21)(H,19,20). The molecule has 0 aromatic heterocycles. The van der Waals surface area contributed by atoms with E-state index < -0.39 is 12.0 Å².